The molecule has 0 aromatic carbocycles. The van der Waals surface area contributed by atoms with Gasteiger partial charge in [0, 0.05) is 12.8 Å². The summed E-state index contributed by atoms with van der Waals surface area (Å²) in [7, 11) is 0. The Labute approximate surface area is 231 Å². The molecule has 0 heterocycles. The third kappa shape index (κ3) is 12.6. The second-order valence-corrected chi connectivity index (χ2v) is 15.8. The number of aliphatic hydroxyl groups is 5. The highest BCUT2D eigenvalue weighted by molar-refractivity contribution is 7.80. The minimum atomic E-state index is -1.27. The van der Waals surface area contributed by atoms with Gasteiger partial charge in [0.05, 0.1) is 42.1 Å². The van der Waals surface area contributed by atoms with Crippen LogP contribution in [0.4, 0.5) is 0 Å². The molecular weight excluding hydrogens is 490 g/mol. The van der Waals surface area contributed by atoms with Crippen LogP contribution < -0.4 is 5.32 Å². The molecule has 0 saturated heterocycles. The van der Waals surface area contributed by atoms with E-state index in [1.54, 1.807) is 0 Å². The van der Waals surface area contributed by atoms with Gasteiger partial charge in [-0.2, -0.15) is 0 Å². The van der Waals surface area contributed by atoms with Crippen molar-refractivity contribution in [3.63, 3.8) is 0 Å². The van der Waals surface area contributed by atoms with Gasteiger partial charge < -0.3 is 35.6 Å². The van der Waals surface area contributed by atoms with Crippen molar-refractivity contribution in [1.29, 1.82) is 0 Å². The molecule has 0 aliphatic heterocycles. The van der Waals surface area contributed by atoms with E-state index in [4.69, 9.17) is 17.0 Å². The van der Waals surface area contributed by atoms with E-state index in [0.717, 1.165) is 12.8 Å². The van der Waals surface area contributed by atoms with Gasteiger partial charge >= 0.3 is 0 Å². The highest BCUT2D eigenvalue weighted by Gasteiger charge is 2.39. The van der Waals surface area contributed by atoms with Crippen LogP contribution in [0.2, 0.25) is 0 Å². The Hall–Kier alpha value is -0.350. The summed E-state index contributed by atoms with van der Waals surface area (Å²) in [5.41, 5.74) is -0.280. The van der Waals surface area contributed by atoms with Gasteiger partial charge in [0.15, 0.2) is 0 Å². The van der Waals surface area contributed by atoms with E-state index < -0.39 is 48.1 Å². The van der Waals surface area contributed by atoms with Crippen LogP contribution >= 0.6 is 12.2 Å². The summed E-state index contributed by atoms with van der Waals surface area (Å²) in [6.07, 6.45) is -2.56. The van der Waals surface area contributed by atoms with E-state index in [-0.39, 0.29) is 29.3 Å². The number of ether oxygens (including phenoxy) is 1. The maximum Gasteiger partial charge on any atom is 0.108 e. The van der Waals surface area contributed by atoms with Gasteiger partial charge in [-0.25, -0.2) is 0 Å². The van der Waals surface area contributed by atoms with Crippen molar-refractivity contribution >= 4 is 17.2 Å². The maximum absolute atomic E-state index is 11.3. The van der Waals surface area contributed by atoms with Crippen LogP contribution in [0.25, 0.3) is 0 Å². The lowest BCUT2D eigenvalue weighted by atomic mass is 9.71. The number of hydrogen-bond donors (Lipinski definition) is 6. The Morgan fingerprint density at radius 3 is 1.92 bits per heavy atom. The van der Waals surface area contributed by atoms with E-state index in [0.29, 0.717) is 24.3 Å². The minimum Gasteiger partial charge on any atom is -0.392 e. The molecule has 0 radical (unpaired) electrons. The Morgan fingerprint density at radius 2 is 1.41 bits per heavy atom. The van der Waals surface area contributed by atoms with Gasteiger partial charge in [-0.05, 0) is 47.3 Å². The summed E-state index contributed by atoms with van der Waals surface area (Å²) in [5.74, 6) is 0. The van der Waals surface area contributed by atoms with Gasteiger partial charge in [0.1, 0.15) is 12.2 Å². The van der Waals surface area contributed by atoms with E-state index in [9.17, 15) is 25.5 Å². The molecule has 8 heteroatoms. The fourth-order valence-corrected chi connectivity index (χ4v) is 6.71. The first kappa shape index (κ1) is 34.7. The molecule has 0 amide bonds. The van der Waals surface area contributed by atoms with Crippen molar-refractivity contribution in [2.75, 3.05) is 6.61 Å². The normalized spacial score (nSPS) is 26.5. The first-order valence-electron chi connectivity index (χ1n) is 13.8. The van der Waals surface area contributed by atoms with Crippen LogP contribution in [-0.2, 0) is 4.74 Å². The van der Waals surface area contributed by atoms with E-state index in [1.807, 2.05) is 13.8 Å². The van der Waals surface area contributed by atoms with Crippen LogP contribution in [0, 0.1) is 21.7 Å². The molecule has 220 valence electrons. The summed E-state index contributed by atoms with van der Waals surface area (Å²) in [6.45, 7) is 21.4. The second kappa shape index (κ2) is 13.3. The summed E-state index contributed by atoms with van der Waals surface area (Å²) < 4.78 is 5.97. The van der Waals surface area contributed by atoms with E-state index in [1.165, 1.54) is 0 Å². The first-order chi connectivity index (χ1) is 16.5. The second-order valence-electron chi connectivity index (χ2n) is 15.3. The molecule has 1 rings (SSSR count). The van der Waals surface area contributed by atoms with Gasteiger partial charge in [-0.3, -0.25) is 0 Å². The standard InChI is InChI=1S/C29H57NO6S/c1-26(2,3)16-28(7,8)14-23(37)30-18(15-36-21-12-11-19(31)24(34)25(21)35)20(32)13-22(33)29(9,10)17-27(4,5)6/h18-22,24-25,31-35H,11-17H2,1-10H3,(H,30,37). The van der Waals surface area contributed by atoms with Crippen LogP contribution in [0.15, 0.2) is 0 Å². The molecule has 37 heavy (non-hydrogen) atoms. The van der Waals surface area contributed by atoms with Crippen molar-refractivity contribution < 1.29 is 30.3 Å². The molecule has 0 aromatic heterocycles. The summed E-state index contributed by atoms with van der Waals surface area (Å²) in [6, 6.07) is -0.603. The highest BCUT2D eigenvalue weighted by Crippen LogP contribution is 2.38. The van der Waals surface area contributed by atoms with Crippen molar-refractivity contribution in [3.8, 4) is 0 Å². The van der Waals surface area contributed by atoms with Crippen LogP contribution in [0.1, 0.15) is 108 Å². The zero-order valence-corrected chi connectivity index (χ0v) is 25.9. The Bertz CT molecular complexity index is 714. The number of hydrogen-bond acceptors (Lipinski definition) is 7. The monoisotopic (exact) mass is 547 g/mol. The molecular formula is C29H57NO6S. The Kier molecular flexibility index (Phi) is 12.5. The quantitative estimate of drug-likeness (QED) is 0.203. The average molecular weight is 548 g/mol. The van der Waals surface area contributed by atoms with Gasteiger partial charge in [0.2, 0.25) is 0 Å². The molecule has 7 atom stereocenters. The molecule has 1 fully saturated rings. The predicted molar refractivity (Wildman–Crippen MR) is 153 cm³/mol. The molecule has 1 aliphatic rings. The van der Waals surface area contributed by atoms with Gasteiger partial charge in [-0.15, -0.1) is 0 Å². The maximum atomic E-state index is 11.3. The summed E-state index contributed by atoms with van der Waals surface area (Å²) in [4.78, 5) is 0.616. The first-order valence-corrected chi connectivity index (χ1v) is 14.3. The van der Waals surface area contributed by atoms with Crippen molar-refractivity contribution in [1.82, 2.24) is 5.32 Å². The molecule has 1 aliphatic carbocycles. The fourth-order valence-electron chi connectivity index (χ4n) is 6.17. The molecule has 7 unspecified atom stereocenters. The molecule has 6 N–H and O–H groups in total. The van der Waals surface area contributed by atoms with Crippen molar-refractivity contribution in [2.45, 2.75) is 150 Å². The van der Waals surface area contributed by atoms with Crippen LogP contribution in [0.5, 0.6) is 0 Å². The number of aliphatic hydroxyl groups excluding tert-OH is 5. The number of rotatable bonds is 12. The SMILES string of the molecule is CC(C)(C)CC(C)(C)CC(=S)NC(COC1CCC(O)C(O)C1O)C(O)CC(O)C(C)(C)CC(C)(C)C. The topological polar surface area (TPSA) is 122 Å². The fraction of sp³-hybridized carbons (Fsp3) is 0.966. The van der Waals surface area contributed by atoms with E-state index in [2.05, 4.69) is 60.7 Å². The van der Waals surface area contributed by atoms with Crippen molar-refractivity contribution in [3.05, 3.63) is 0 Å². The molecule has 0 spiro atoms. The van der Waals surface area contributed by atoms with E-state index >= 15 is 0 Å². The molecule has 1 saturated carbocycles. The average Bonchev–Trinajstić information content (AvgIpc) is 2.66. The van der Waals surface area contributed by atoms with Crippen LogP contribution in [0.3, 0.4) is 0 Å². The molecule has 7 nitrogen and oxygen atoms in total. The van der Waals surface area contributed by atoms with Crippen molar-refractivity contribution in [2.24, 2.45) is 21.7 Å². The van der Waals surface area contributed by atoms with Crippen LogP contribution in [-0.4, -0.2) is 79.8 Å². The lowest BCUT2D eigenvalue weighted by molar-refractivity contribution is -0.157. The smallest absolute Gasteiger partial charge is 0.108 e. The number of thiocarbonyl (C=S) groups is 1. The molecule has 0 aromatic rings. The Morgan fingerprint density at radius 1 is 0.865 bits per heavy atom. The highest BCUT2D eigenvalue weighted by atomic mass is 32.1. The summed E-state index contributed by atoms with van der Waals surface area (Å²) >= 11 is 5.71. The van der Waals surface area contributed by atoms with Gasteiger partial charge in [-0.1, -0.05) is 81.5 Å². The summed E-state index contributed by atoms with van der Waals surface area (Å²) in [5, 5.41) is 55.9. The van der Waals surface area contributed by atoms with Gasteiger partial charge in [0.25, 0.3) is 0 Å². The Balaban J connectivity index is 2.98. The zero-order chi connectivity index (χ0) is 29.0. The third-order valence-electron chi connectivity index (χ3n) is 7.17. The zero-order valence-electron chi connectivity index (χ0n) is 25.0. The minimum absolute atomic E-state index is 0.0267. The predicted octanol–water partition coefficient (Wildman–Crippen LogP) is 3.96. The molecule has 0 bridgehead atoms. The third-order valence-corrected chi connectivity index (χ3v) is 7.44. The lowest BCUT2D eigenvalue weighted by Crippen LogP contribution is -2.53. The lowest BCUT2D eigenvalue weighted by Gasteiger charge is -2.39. The largest absolute Gasteiger partial charge is 0.392 e. The number of nitrogens with one attached hydrogen (secondary N) is 1.